The van der Waals surface area contributed by atoms with Crippen LogP contribution in [0.3, 0.4) is 0 Å². The third kappa shape index (κ3) is 4.04. The SMILES string of the molecule is CC(C)CNC(=O)C(C)NC(=O)c1ccc2c(c1)CNC2. The Morgan fingerprint density at radius 1 is 1.19 bits per heavy atom. The Balaban J connectivity index is 1.93. The molecule has 3 N–H and O–H groups in total. The Morgan fingerprint density at radius 3 is 2.62 bits per heavy atom. The lowest BCUT2D eigenvalue weighted by Gasteiger charge is -2.15. The van der Waals surface area contributed by atoms with Gasteiger partial charge in [-0.2, -0.15) is 0 Å². The number of carbonyl (C=O) groups excluding carboxylic acids is 2. The van der Waals surface area contributed by atoms with Crippen LogP contribution in [-0.2, 0) is 17.9 Å². The lowest BCUT2D eigenvalue weighted by molar-refractivity contribution is -0.122. The Bertz CT molecular complexity index is 540. The van der Waals surface area contributed by atoms with Gasteiger partial charge in [0.25, 0.3) is 5.91 Å². The van der Waals surface area contributed by atoms with Crippen molar-refractivity contribution in [2.24, 2.45) is 5.92 Å². The lowest BCUT2D eigenvalue weighted by Crippen LogP contribution is -2.45. The average molecular weight is 289 g/mol. The summed E-state index contributed by atoms with van der Waals surface area (Å²) in [6.07, 6.45) is 0. The lowest BCUT2D eigenvalue weighted by atomic mass is 10.1. The molecule has 0 saturated heterocycles. The number of amides is 2. The minimum Gasteiger partial charge on any atom is -0.354 e. The van der Waals surface area contributed by atoms with Crippen molar-refractivity contribution in [3.05, 3.63) is 34.9 Å². The number of benzene rings is 1. The fourth-order valence-electron chi connectivity index (χ4n) is 2.24. The quantitative estimate of drug-likeness (QED) is 0.762. The van der Waals surface area contributed by atoms with Crippen LogP contribution in [-0.4, -0.2) is 24.4 Å². The third-order valence-electron chi connectivity index (χ3n) is 3.52. The fraction of sp³-hybridized carbons (Fsp3) is 0.500. The van der Waals surface area contributed by atoms with E-state index in [2.05, 4.69) is 16.0 Å². The fourth-order valence-corrected chi connectivity index (χ4v) is 2.24. The van der Waals surface area contributed by atoms with Gasteiger partial charge in [-0.1, -0.05) is 19.9 Å². The van der Waals surface area contributed by atoms with E-state index >= 15 is 0 Å². The number of fused-ring (bicyclic) bond motifs is 1. The summed E-state index contributed by atoms with van der Waals surface area (Å²) in [4.78, 5) is 24.1. The van der Waals surface area contributed by atoms with Crippen molar-refractivity contribution in [3.8, 4) is 0 Å². The summed E-state index contributed by atoms with van der Waals surface area (Å²) in [7, 11) is 0. The highest BCUT2D eigenvalue weighted by Crippen LogP contribution is 2.17. The van der Waals surface area contributed by atoms with Crippen molar-refractivity contribution < 1.29 is 9.59 Å². The molecule has 0 saturated carbocycles. The molecule has 1 heterocycles. The first-order valence-electron chi connectivity index (χ1n) is 7.38. The second-order valence-electron chi connectivity index (χ2n) is 5.92. The summed E-state index contributed by atoms with van der Waals surface area (Å²) in [5.74, 6) is 0.0258. The average Bonchev–Trinajstić information content (AvgIpc) is 2.91. The van der Waals surface area contributed by atoms with Crippen LogP contribution in [0.15, 0.2) is 18.2 Å². The van der Waals surface area contributed by atoms with Gasteiger partial charge in [-0.15, -0.1) is 0 Å². The molecule has 0 spiro atoms. The van der Waals surface area contributed by atoms with E-state index in [1.807, 2.05) is 26.0 Å². The van der Waals surface area contributed by atoms with Crippen LogP contribution in [0, 0.1) is 5.92 Å². The summed E-state index contributed by atoms with van der Waals surface area (Å²) in [6, 6.07) is 5.12. The van der Waals surface area contributed by atoms with Gasteiger partial charge >= 0.3 is 0 Å². The molecule has 21 heavy (non-hydrogen) atoms. The molecule has 5 nitrogen and oxygen atoms in total. The Morgan fingerprint density at radius 2 is 1.90 bits per heavy atom. The standard InChI is InChI=1S/C16H23N3O2/c1-10(2)7-18-15(20)11(3)19-16(21)12-4-5-13-8-17-9-14(13)6-12/h4-6,10-11,17H,7-9H2,1-3H3,(H,18,20)(H,19,21). The number of hydrogen-bond donors (Lipinski definition) is 3. The molecule has 114 valence electrons. The van der Waals surface area contributed by atoms with Gasteiger partial charge in [-0.25, -0.2) is 0 Å². The molecule has 2 rings (SSSR count). The van der Waals surface area contributed by atoms with Gasteiger partial charge < -0.3 is 16.0 Å². The Labute approximate surface area is 125 Å². The predicted molar refractivity (Wildman–Crippen MR) is 81.8 cm³/mol. The van der Waals surface area contributed by atoms with E-state index in [4.69, 9.17) is 0 Å². The van der Waals surface area contributed by atoms with Crippen molar-refractivity contribution in [3.63, 3.8) is 0 Å². The Kier molecular flexibility index (Phi) is 4.96. The summed E-state index contributed by atoms with van der Waals surface area (Å²) < 4.78 is 0. The van der Waals surface area contributed by atoms with Gasteiger partial charge in [0.05, 0.1) is 0 Å². The molecule has 1 unspecified atom stereocenters. The van der Waals surface area contributed by atoms with Crippen LogP contribution >= 0.6 is 0 Å². The van der Waals surface area contributed by atoms with E-state index in [1.165, 1.54) is 5.56 Å². The maximum Gasteiger partial charge on any atom is 0.251 e. The largest absolute Gasteiger partial charge is 0.354 e. The summed E-state index contributed by atoms with van der Waals surface area (Å²) >= 11 is 0. The molecule has 1 aliphatic heterocycles. The molecular formula is C16H23N3O2. The van der Waals surface area contributed by atoms with Crippen molar-refractivity contribution in [2.75, 3.05) is 6.54 Å². The van der Waals surface area contributed by atoms with E-state index in [9.17, 15) is 9.59 Å². The molecule has 0 aliphatic carbocycles. The van der Waals surface area contributed by atoms with Crippen LogP contribution in [0.5, 0.6) is 0 Å². The van der Waals surface area contributed by atoms with E-state index in [0.29, 0.717) is 18.0 Å². The van der Waals surface area contributed by atoms with Crippen molar-refractivity contribution >= 4 is 11.8 Å². The zero-order valence-corrected chi connectivity index (χ0v) is 12.8. The van der Waals surface area contributed by atoms with Gasteiger partial charge in [-0.05, 0) is 36.1 Å². The maximum atomic E-state index is 12.2. The first kappa shape index (κ1) is 15.5. The normalized spacial score (nSPS) is 14.7. The number of hydrogen-bond acceptors (Lipinski definition) is 3. The van der Waals surface area contributed by atoms with E-state index < -0.39 is 6.04 Å². The molecule has 1 atom stereocenters. The van der Waals surface area contributed by atoms with Crippen LogP contribution in [0.25, 0.3) is 0 Å². The van der Waals surface area contributed by atoms with Crippen LogP contribution in [0.4, 0.5) is 0 Å². The van der Waals surface area contributed by atoms with Crippen LogP contribution in [0.2, 0.25) is 0 Å². The number of rotatable bonds is 5. The van der Waals surface area contributed by atoms with Gasteiger partial charge in [0.2, 0.25) is 5.91 Å². The smallest absolute Gasteiger partial charge is 0.251 e. The van der Waals surface area contributed by atoms with E-state index in [1.54, 1.807) is 13.0 Å². The zero-order valence-electron chi connectivity index (χ0n) is 12.8. The van der Waals surface area contributed by atoms with E-state index in [-0.39, 0.29) is 11.8 Å². The molecular weight excluding hydrogens is 266 g/mol. The first-order chi connectivity index (χ1) is 9.97. The topological polar surface area (TPSA) is 70.2 Å². The van der Waals surface area contributed by atoms with Crippen molar-refractivity contribution in [1.29, 1.82) is 0 Å². The van der Waals surface area contributed by atoms with Crippen LogP contribution in [0.1, 0.15) is 42.3 Å². The molecule has 0 radical (unpaired) electrons. The summed E-state index contributed by atoms with van der Waals surface area (Å²) in [5.41, 5.74) is 2.98. The minimum absolute atomic E-state index is 0.153. The van der Waals surface area contributed by atoms with Gasteiger partial charge in [0, 0.05) is 25.2 Å². The second-order valence-corrected chi connectivity index (χ2v) is 5.92. The molecule has 5 heteroatoms. The maximum absolute atomic E-state index is 12.2. The highest BCUT2D eigenvalue weighted by Gasteiger charge is 2.18. The van der Waals surface area contributed by atoms with Crippen molar-refractivity contribution in [2.45, 2.75) is 39.9 Å². The number of carbonyl (C=O) groups is 2. The molecule has 1 aliphatic rings. The molecule has 1 aromatic carbocycles. The highest BCUT2D eigenvalue weighted by molar-refractivity contribution is 5.97. The van der Waals surface area contributed by atoms with Gasteiger partial charge in [0.1, 0.15) is 6.04 Å². The number of nitrogens with one attached hydrogen (secondary N) is 3. The molecule has 1 aromatic rings. The van der Waals surface area contributed by atoms with Crippen molar-refractivity contribution in [1.82, 2.24) is 16.0 Å². The summed E-state index contributed by atoms with van der Waals surface area (Å²) in [6.45, 7) is 8.02. The van der Waals surface area contributed by atoms with E-state index in [0.717, 1.165) is 18.7 Å². The van der Waals surface area contributed by atoms with Gasteiger partial charge in [0.15, 0.2) is 0 Å². The highest BCUT2D eigenvalue weighted by atomic mass is 16.2. The predicted octanol–water partition coefficient (Wildman–Crippen LogP) is 1.18. The second kappa shape index (κ2) is 6.72. The molecule has 0 aromatic heterocycles. The Hall–Kier alpha value is -1.88. The minimum atomic E-state index is -0.539. The molecule has 0 bridgehead atoms. The zero-order chi connectivity index (χ0) is 15.4. The molecule has 2 amide bonds. The monoisotopic (exact) mass is 289 g/mol. The summed E-state index contributed by atoms with van der Waals surface area (Å²) in [5, 5.41) is 8.80. The van der Waals surface area contributed by atoms with Crippen LogP contribution < -0.4 is 16.0 Å². The van der Waals surface area contributed by atoms with Gasteiger partial charge in [-0.3, -0.25) is 9.59 Å². The molecule has 0 fully saturated rings. The third-order valence-corrected chi connectivity index (χ3v) is 3.52. The first-order valence-corrected chi connectivity index (χ1v) is 7.38.